The van der Waals surface area contributed by atoms with Gasteiger partial charge >= 0.3 is 0 Å². The van der Waals surface area contributed by atoms with Crippen molar-refractivity contribution < 1.29 is 10.2 Å². The molecule has 28 heavy (non-hydrogen) atoms. The van der Waals surface area contributed by atoms with Crippen LogP contribution in [0, 0.1) is 0 Å². The summed E-state index contributed by atoms with van der Waals surface area (Å²) in [5, 5.41) is 27.4. The predicted molar refractivity (Wildman–Crippen MR) is 116 cm³/mol. The van der Waals surface area contributed by atoms with Crippen molar-refractivity contribution in [3.8, 4) is 22.8 Å². The molecule has 2 aromatic carbocycles. The van der Waals surface area contributed by atoms with Gasteiger partial charge in [-0.2, -0.15) is 5.10 Å². The molecule has 5 nitrogen and oxygen atoms in total. The third-order valence-corrected chi connectivity index (χ3v) is 5.26. The molecule has 0 saturated heterocycles. The van der Waals surface area contributed by atoms with Gasteiger partial charge in [0.1, 0.15) is 11.5 Å². The molecule has 0 spiro atoms. The Bertz CT molecular complexity index is 1120. The number of benzene rings is 2. The van der Waals surface area contributed by atoms with Gasteiger partial charge in [0.25, 0.3) is 0 Å². The molecule has 0 fully saturated rings. The van der Waals surface area contributed by atoms with E-state index in [1.165, 1.54) is 23.5 Å². The number of hydrogen-bond acceptors (Lipinski definition) is 5. The van der Waals surface area contributed by atoms with Crippen molar-refractivity contribution in [2.24, 2.45) is 10.1 Å². The summed E-state index contributed by atoms with van der Waals surface area (Å²) in [5.74, 6) is -0.0631. The van der Waals surface area contributed by atoms with Crippen LogP contribution in [-0.2, 0) is 0 Å². The molecule has 1 aromatic heterocycles. The van der Waals surface area contributed by atoms with Crippen LogP contribution in [0.25, 0.3) is 11.3 Å². The van der Waals surface area contributed by atoms with Crippen LogP contribution in [0.2, 0.25) is 10.0 Å². The quantitative estimate of drug-likeness (QED) is 0.529. The zero-order chi connectivity index (χ0) is 20.4. The molecule has 0 radical (unpaired) electrons. The topological polar surface area (TPSA) is 70.1 Å². The molecule has 3 rings (SSSR count). The van der Waals surface area contributed by atoms with Crippen LogP contribution in [0.15, 0.2) is 51.9 Å². The van der Waals surface area contributed by atoms with Crippen LogP contribution in [0.1, 0.15) is 26.3 Å². The lowest BCUT2D eigenvalue weighted by Crippen LogP contribution is -2.16. The minimum Gasteiger partial charge on any atom is -0.508 e. The van der Waals surface area contributed by atoms with Crippen molar-refractivity contribution in [2.45, 2.75) is 26.8 Å². The average molecular weight is 436 g/mol. The number of thiazole rings is 1. The van der Waals surface area contributed by atoms with Crippen LogP contribution < -0.4 is 4.80 Å². The zero-order valence-corrected chi connectivity index (χ0v) is 17.8. The molecular formula is C20H19Cl2N3O2S. The Morgan fingerprint density at radius 3 is 2.50 bits per heavy atom. The second kappa shape index (κ2) is 8.39. The van der Waals surface area contributed by atoms with Crippen molar-refractivity contribution >= 4 is 40.3 Å². The fourth-order valence-corrected chi connectivity index (χ4v) is 4.08. The van der Waals surface area contributed by atoms with Gasteiger partial charge < -0.3 is 10.2 Å². The molecule has 1 heterocycles. The number of rotatable bonds is 4. The summed E-state index contributed by atoms with van der Waals surface area (Å²) in [6.45, 7) is 5.76. The van der Waals surface area contributed by atoms with Gasteiger partial charge in [0.05, 0.1) is 16.4 Å². The van der Waals surface area contributed by atoms with Gasteiger partial charge in [-0.15, -0.1) is 11.3 Å². The highest BCUT2D eigenvalue weighted by atomic mass is 35.5. The number of phenols is 2. The van der Waals surface area contributed by atoms with E-state index in [9.17, 15) is 10.2 Å². The second-order valence-electron chi connectivity index (χ2n) is 6.45. The van der Waals surface area contributed by atoms with Crippen molar-refractivity contribution in [2.75, 3.05) is 0 Å². The van der Waals surface area contributed by atoms with Gasteiger partial charge in [0.15, 0.2) is 0 Å². The fraction of sp³-hybridized carbons (Fsp3) is 0.200. The summed E-state index contributed by atoms with van der Waals surface area (Å²) in [6.07, 6.45) is 0. The van der Waals surface area contributed by atoms with E-state index in [1.807, 2.05) is 25.3 Å². The molecule has 2 N–H and O–H groups in total. The summed E-state index contributed by atoms with van der Waals surface area (Å²) in [7, 11) is 0. The van der Waals surface area contributed by atoms with E-state index >= 15 is 0 Å². The number of aromatic hydroxyl groups is 2. The maximum Gasteiger partial charge on any atom is 0.206 e. The minimum absolute atomic E-state index is 0.0126. The highest BCUT2D eigenvalue weighted by Gasteiger charge is 2.14. The van der Waals surface area contributed by atoms with E-state index in [-0.39, 0.29) is 17.5 Å². The molecule has 8 heteroatoms. The summed E-state index contributed by atoms with van der Waals surface area (Å²) < 4.78 is 1.71. The minimum atomic E-state index is -0.0505. The van der Waals surface area contributed by atoms with Crippen LogP contribution in [-0.4, -0.2) is 26.6 Å². The number of nitrogens with zero attached hydrogens (tertiary/aromatic N) is 3. The molecular weight excluding hydrogens is 417 g/mol. The van der Waals surface area contributed by atoms with Crippen molar-refractivity contribution in [3.05, 3.63) is 62.2 Å². The lowest BCUT2D eigenvalue weighted by atomic mass is 10.1. The van der Waals surface area contributed by atoms with Crippen molar-refractivity contribution in [1.29, 1.82) is 0 Å². The molecule has 0 aliphatic carbocycles. The smallest absolute Gasteiger partial charge is 0.206 e. The molecule has 0 aliphatic rings. The Kier molecular flexibility index (Phi) is 6.13. The number of phenolic OH excluding ortho intramolecular Hbond substituents is 2. The van der Waals surface area contributed by atoms with Crippen LogP contribution in [0.5, 0.6) is 11.5 Å². The van der Waals surface area contributed by atoms with Gasteiger partial charge in [0, 0.05) is 33.6 Å². The summed E-state index contributed by atoms with van der Waals surface area (Å²) in [5.41, 5.74) is 2.62. The highest BCUT2D eigenvalue weighted by Crippen LogP contribution is 2.31. The lowest BCUT2D eigenvalue weighted by molar-refractivity contribution is 0.450. The lowest BCUT2D eigenvalue weighted by Gasteiger charge is -2.09. The average Bonchev–Trinajstić information content (AvgIpc) is 2.96. The fourth-order valence-electron chi connectivity index (χ4n) is 2.62. The Balaban J connectivity index is 2.21. The van der Waals surface area contributed by atoms with Gasteiger partial charge in [-0.05, 0) is 51.1 Å². The van der Waals surface area contributed by atoms with Crippen LogP contribution in [0.3, 0.4) is 0 Å². The number of aromatic nitrogens is 1. The first-order valence-corrected chi connectivity index (χ1v) is 10.2. The first kappa shape index (κ1) is 20.5. The third-order valence-electron chi connectivity index (χ3n) is 3.88. The highest BCUT2D eigenvalue weighted by molar-refractivity contribution is 7.07. The van der Waals surface area contributed by atoms with Gasteiger partial charge in [0.2, 0.25) is 4.80 Å². The standard InChI is InChI=1S/C20H19Cl2N3O2S/c1-11(2)23-20-25(24-12(3)15-7-5-14(26)9-19(15)27)18(10-28-20)16-6-4-13(21)8-17(16)22/h4-11,26-27H,1-3H3. The van der Waals surface area contributed by atoms with E-state index in [0.29, 0.717) is 26.1 Å². The van der Waals surface area contributed by atoms with Gasteiger partial charge in [-0.3, -0.25) is 4.99 Å². The normalized spacial score (nSPS) is 12.8. The zero-order valence-electron chi connectivity index (χ0n) is 15.5. The van der Waals surface area contributed by atoms with Crippen molar-refractivity contribution in [1.82, 2.24) is 4.68 Å². The molecule has 0 atom stereocenters. The number of halogens is 2. The van der Waals surface area contributed by atoms with E-state index in [0.717, 1.165) is 11.3 Å². The Morgan fingerprint density at radius 2 is 1.86 bits per heavy atom. The molecule has 0 amide bonds. The maximum absolute atomic E-state index is 10.2. The third kappa shape index (κ3) is 4.41. The second-order valence-corrected chi connectivity index (χ2v) is 8.13. The van der Waals surface area contributed by atoms with Crippen LogP contribution in [0.4, 0.5) is 0 Å². The molecule has 0 bridgehead atoms. The molecule has 0 aliphatic heterocycles. The summed E-state index contributed by atoms with van der Waals surface area (Å²) in [6, 6.07) is 9.77. The van der Waals surface area contributed by atoms with Crippen LogP contribution >= 0.6 is 34.5 Å². The molecule has 0 saturated carbocycles. The SMILES string of the molecule is CC(=Nn1c(-c2ccc(Cl)cc2Cl)csc1=NC(C)C)c1ccc(O)cc1O. The van der Waals surface area contributed by atoms with E-state index in [4.69, 9.17) is 23.2 Å². The Hall–Kier alpha value is -2.28. The molecule has 146 valence electrons. The molecule has 3 aromatic rings. The van der Waals surface area contributed by atoms with Gasteiger partial charge in [-0.1, -0.05) is 23.2 Å². The summed E-state index contributed by atoms with van der Waals surface area (Å²) >= 11 is 13.9. The van der Waals surface area contributed by atoms with E-state index in [1.54, 1.807) is 29.8 Å². The van der Waals surface area contributed by atoms with E-state index in [2.05, 4.69) is 10.1 Å². The van der Waals surface area contributed by atoms with Gasteiger partial charge in [-0.25, -0.2) is 4.68 Å². The Morgan fingerprint density at radius 1 is 1.11 bits per heavy atom. The van der Waals surface area contributed by atoms with Crippen molar-refractivity contribution in [3.63, 3.8) is 0 Å². The predicted octanol–water partition coefficient (Wildman–Crippen LogP) is 5.52. The van der Waals surface area contributed by atoms with E-state index < -0.39 is 0 Å². The Labute approximate surface area is 176 Å². The molecule has 0 unspecified atom stereocenters. The summed E-state index contributed by atoms with van der Waals surface area (Å²) in [4.78, 5) is 5.34. The maximum atomic E-state index is 10.2. The number of hydrogen-bond donors (Lipinski definition) is 2. The largest absolute Gasteiger partial charge is 0.508 e. The first-order chi connectivity index (χ1) is 13.3. The first-order valence-electron chi connectivity index (χ1n) is 8.54. The monoisotopic (exact) mass is 435 g/mol.